The Morgan fingerprint density at radius 2 is 2.00 bits per heavy atom. The molecular formula is C16H17ClN2OS. The second-order valence-corrected chi connectivity index (χ2v) is 6.31. The first-order chi connectivity index (χ1) is 10.1. The van der Waals surface area contributed by atoms with Crippen molar-refractivity contribution in [1.29, 1.82) is 0 Å². The van der Waals surface area contributed by atoms with Gasteiger partial charge in [-0.2, -0.15) is 0 Å². The maximum atomic E-state index is 11.9. The molecule has 1 heterocycles. The van der Waals surface area contributed by atoms with Crippen LogP contribution in [0.2, 0.25) is 5.15 Å². The number of carbonyl (C=O) groups excluding carboxylic acids is 1. The second-order valence-electron chi connectivity index (χ2n) is 4.90. The summed E-state index contributed by atoms with van der Waals surface area (Å²) in [5, 5.41) is 3.06. The van der Waals surface area contributed by atoms with Crippen LogP contribution in [0.3, 0.4) is 0 Å². The molecule has 0 fully saturated rings. The van der Waals surface area contributed by atoms with Crippen molar-refractivity contribution in [1.82, 2.24) is 4.98 Å². The van der Waals surface area contributed by atoms with E-state index in [0.29, 0.717) is 22.5 Å². The summed E-state index contributed by atoms with van der Waals surface area (Å²) in [6.45, 7) is 4.32. The van der Waals surface area contributed by atoms with Crippen LogP contribution in [0.15, 0.2) is 47.5 Å². The molecule has 1 aromatic carbocycles. The first-order valence-electron chi connectivity index (χ1n) is 6.69. The van der Waals surface area contributed by atoms with Crippen LogP contribution in [0.4, 0.5) is 5.69 Å². The van der Waals surface area contributed by atoms with Crippen molar-refractivity contribution < 1.29 is 4.79 Å². The summed E-state index contributed by atoms with van der Waals surface area (Å²) in [7, 11) is 0. The highest BCUT2D eigenvalue weighted by molar-refractivity contribution is 8.00. The minimum Gasteiger partial charge on any atom is -0.323 e. The Morgan fingerprint density at radius 3 is 2.62 bits per heavy atom. The largest absolute Gasteiger partial charge is 0.323 e. The number of nitrogens with zero attached hydrogens (tertiary/aromatic N) is 1. The van der Waals surface area contributed by atoms with E-state index in [4.69, 9.17) is 11.6 Å². The van der Waals surface area contributed by atoms with E-state index in [0.717, 1.165) is 4.90 Å². The van der Waals surface area contributed by atoms with Crippen LogP contribution in [0, 0.1) is 0 Å². The van der Waals surface area contributed by atoms with Gasteiger partial charge in [-0.25, -0.2) is 4.98 Å². The molecule has 0 aliphatic rings. The van der Waals surface area contributed by atoms with Crippen LogP contribution in [0.5, 0.6) is 0 Å². The fourth-order valence-electron chi connectivity index (χ4n) is 1.76. The van der Waals surface area contributed by atoms with E-state index in [1.54, 1.807) is 18.3 Å². The van der Waals surface area contributed by atoms with Crippen molar-refractivity contribution >= 4 is 35.0 Å². The minimum absolute atomic E-state index is 0.0946. The standard InChI is InChI=1S/C16H17ClN2OS/c1-11(2)12-5-7-13(8-6-12)21-10-15(20)19-14-4-3-9-18-16(14)17/h3-9,11H,10H2,1-2H3,(H,19,20). The van der Waals surface area contributed by atoms with E-state index < -0.39 is 0 Å². The van der Waals surface area contributed by atoms with E-state index in [1.165, 1.54) is 17.3 Å². The SMILES string of the molecule is CC(C)c1ccc(SCC(=O)Nc2cccnc2Cl)cc1. The summed E-state index contributed by atoms with van der Waals surface area (Å²) in [6.07, 6.45) is 1.59. The van der Waals surface area contributed by atoms with Gasteiger partial charge in [-0.3, -0.25) is 4.79 Å². The van der Waals surface area contributed by atoms with Crippen LogP contribution in [-0.4, -0.2) is 16.6 Å². The van der Waals surface area contributed by atoms with Crippen LogP contribution in [-0.2, 0) is 4.79 Å². The third kappa shape index (κ3) is 4.76. The van der Waals surface area contributed by atoms with Gasteiger partial charge in [0.05, 0.1) is 11.4 Å². The molecule has 0 aliphatic heterocycles. The van der Waals surface area contributed by atoms with Crippen LogP contribution < -0.4 is 5.32 Å². The molecule has 0 unspecified atom stereocenters. The number of hydrogen-bond donors (Lipinski definition) is 1. The molecule has 0 aliphatic carbocycles. The molecule has 0 spiro atoms. The molecule has 0 atom stereocenters. The molecular weight excluding hydrogens is 304 g/mol. The van der Waals surface area contributed by atoms with Crippen molar-refractivity contribution in [3.8, 4) is 0 Å². The van der Waals surface area contributed by atoms with Gasteiger partial charge in [-0.15, -0.1) is 11.8 Å². The zero-order valence-corrected chi connectivity index (χ0v) is 13.5. The summed E-state index contributed by atoms with van der Waals surface area (Å²) in [6, 6.07) is 11.8. The summed E-state index contributed by atoms with van der Waals surface area (Å²) in [4.78, 5) is 16.9. The van der Waals surface area contributed by atoms with Gasteiger partial charge in [0.15, 0.2) is 5.15 Å². The molecule has 1 N–H and O–H groups in total. The predicted molar refractivity (Wildman–Crippen MR) is 89.1 cm³/mol. The zero-order chi connectivity index (χ0) is 15.2. The molecule has 1 aromatic heterocycles. The fraction of sp³-hybridized carbons (Fsp3) is 0.250. The van der Waals surface area contributed by atoms with E-state index in [9.17, 15) is 4.79 Å². The van der Waals surface area contributed by atoms with Crippen LogP contribution in [0.1, 0.15) is 25.3 Å². The van der Waals surface area contributed by atoms with Gasteiger partial charge in [-0.1, -0.05) is 37.6 Å². The summed E-state index contributed by atoms with van der Waals surface area (Å²) >= 11 is 7.40. The van der Waals surface area contributed by atoms with E-state index >= 15 is 0 Å². The molecule has 3 nitrogen and oxygen atoms in total. The third-order valence-electron chi connectivity index (χ3n) is 2.95. The number of nitrogens with one attached hydrogen (secondary N) is 1. The maximum absolute atomic E-state index is 11.9. The molecule has 1 amide bonds. The van der Waals surface area contributed by atoms with E-state index in [1.807, 2.05) is 12.1 Å². The Labute approximate surface area is 134 Å². The number of aromatic nitrogens is 1. The highest BCUT2D eigenvalue weighted by atomic mass is 35.5. The Kier molecular flexibility index (Phi) is 5.65. The van der Waals surface area contributed by atoms with Crippen molar-refractivity contribution in [2.24, 2.45) is 0 Å². The average molecular weight is 321 g/mol. The minimum atomic E-state index is -0.0946. The summed E-state index contributed by atoms with van der Waals surface area (Å²) < 4.78 is 0. The predicted octanol–water partition coefficient (Wildman–Crippen LogP) is 4.59. The van der Waals surface area contributed by atoms with Crippen LogP contribution in [0.25, 0.3) is 0 Å². The van der Waals surface area contributed by atoms with Gasteiger partial charge in [0.1, 0.15) is 0 Å². The van der Waals surface area contributed by atoms with Crippen molar-refractivity contribution in [3.05, 3.63) is 53.3 Å². The number of hydrogen-bond acceptors (Lipinski definition) is 3. The van der Waals surface area contributed by atoms with Gasteiger partial charge >= 0.3 is 0 Å². The van der Waals surface area contributed by atoms with E-state index in [2.05, 4.69) is 36.3 Å². The van der Waals surface area contributed by atoms with Crippen LogP contribution >= 0.6 is 23.4 Å². The lowest BCUT2D eigenvalue weighted by Gasteiger charge is -2.08. The number of pyridine rings is 1. The van der Waals surface area contributed by atoms with Crippen molar-refractivity contribution in [2.45, 2.75) is 24.7 Å². The van der Waals surface area contributed by atoms with Gasteiger partial charge in [0.25, 0.3) is 0 Å². The van der Waals surface area contributed by atoms with Crippen molar-refractivity contribution in [2.75, 3.05) is 11.1 Å². The lowest BCUT2D eigenvalue weighted by Crippen LogP contribution is -2.14. The number of thioether (sulfide) groups is 1. The molecule has 0 saturated heterocycles. The summed E-state index contributed by atoms with van der Waals surface area (Å²) in [5.74, 6) is 0.759. The third-order valence-corrected chi connectivity index (χ3v) is 4.26. The first kappa shape index (κ1) is 15.9. The number of amides is 1. The van der Waals surface area contributed by atoms with Gasteiger partial charge < -0.3 is 5.32 Å². The van der Waals surface area contributed by atoms with Crippen molar-refractivity contribution in [3.63, 3.8) is 0 Å². The quantitative estimate of drug-likeness (QED) is 0.647. The molecule has 5 heteroatoms. The lowest BCUT2D eigenvalue weighted by atomic mass is 10.0. The highest BCUT2D eigenvalue weighted by Gasteiger charge is 2.07. The van der Waals surface area contributed by atoms with E-state index in [-0.39, 0.29) is 5.91 Å². The fourth-order valence-corrected chi connectivity index (χ4v) is 2.63. The number of benzene rings is 1. The summed E-state index contributed by atoms with van der Waals surface area (Å²) in [5.41, 5.74) is 1.84. The Balaban J connectivity index is 1.88. The van der Waals surface area contributed by atoms with Gasteiger partial charge in [0.2, 0.25) is 5.91 Å². The zero-order valence-electron chi connectivity index (χ0n) is 12.0. The molecule has 110 valence electrons. The average Bonchev–Trinajstić information content (AvgIpc) is 2.48. The van der Waals surface area contributed by atoms with Gasteiger partial charge in [0, 0.05) is 11.1 Å². The Hall–Kier alpha value is -1.52. The molecule has 2 rings (SSSR count). The molecule has 0 bridgehead atoms. The number of anilines is 1. The second kappa shape index (κ2) is 7.48. The molecule has 2 aromatic rings. The maximum Gasteiger partial charge on any atom is 0.234 e. The van der Waals surface area contributed by atoms with Gasteiger partial charge in [-0.05, 0) is 35.7 Å². The Morgan fingerprint density at radius 1 is 1.29 bits per heavy atom. The number of carbonyl (C=O) groups is 1. The Bertz CT molecular complexity index is 614. The molecule has 0 radical (unpaired) electrons. The normalized spacial score (nSPS) is 10.7. The topological polar surface area (TPSA) is 42.0 Å². The number of rotatable bonds is 5. The smallest absolute Gasteiger partial charge is 0.234 e. The monoisotopic (exact) mass is 320 g/mol. The highest BCUT2D eigenvalue weighted by Crippen LogP contribution is 2.23. The molecule has 0 saturated carbocycles. The first-order valence-corrected chi connectivity index (χ1v) is 8.05. The lowest BCUT2D eigenvalue weighted by molar-refractivity contribution is -0.113. The molecule has 21 heavy (non-hydrogen) atoms. The number of halogens is 1.